The molecule has 49 heavy (non-hydrogen) atoms. The number of aliphatic hydroxyl groups excluding tert-OH is 8. The van der Waals surface area contributed by atoms with E-state index in [1.54, 1.807) is 0 Å². The number of rotatable bonds is 12. The van der Waals surface area contributed by atoms with Crippen LogP contribution in [0.15, 0.2) is 24.3 Å². The number of nitro benzene ring substituents is 1. The number of hydrogen-bond acceptors (Lipinski definition) is 18. The molecule has 1 aromatic carbocycles. The Kier molecular flexibility index (Phi) is 13.2. The van der Waals surface area contributed by atoms with Crippen molar-refractivity contribution in [1.29, 1.82) is 0 Å². The molecule has 3 aliphatic heterocycles. The van der Waals surface area contributed by atoms with Gasteiger partial charge in [-0.3, -0.25) is 19.7 Å². The summed E-state index contributed by atoms with van der Waals surface area (Å²) in [5, 5.41) is 100. The van der Waals surface area contributed by atoms with E-state index in [0.717, 1.165) is 26.0 Å². The molecule has 3 heterocycles. The van der Waals surface area contributed by atoms with E-state index >= 15 is 0 Å². The summed E-state index contributed by atoms with van der Waals surface area (Å²) >= 11 is 0. The van der Waals surface area contributed by atoms with Gasteiger partial charge in [-0.05, 0) is 12.1 Å². The second-order valence-corrected chi connectivity index (χ2v) is 11.7. The summed E-state index contributed by atoms with van der Waals surface area (Å²) in [6.45, 7) is -0.238. The standard InChI is InChI=1S/C28H41N3O18/c1-10(35)29-17-21(39)19(37)14(7-32)45-27(17)49-25-20(38)15(8-33)46-28(23(25)41)48-24-16(9-34)47-26(18(22(24)40)30-11(2)36)44-13-5-3-12(4-6-13)31(42)43/h3-6,14-28,32-34,37-41H,7-9H2,1-2H3,(H,29,35)(H,30,36)/t14-,15-,16-,17-,18-,19-,20+,21-,22-,23-,24-,25+,26-,27+,28+/m1/s1. The lowest BCUT2D eigenvalue weighted by Gasteiger charge is -2.49. The molecule has 21 nitrogen and oxygen atoms in total. The summed E-state index contributed by atoms with van der Waals surface area (Å²) in [5.41, 5.74) is -0.237. The fourth-order valence-corrected chi connectivity index (χ4v) is 5.73. The number of carbonyl (C=O) groups excluding carboxylic acids is 2. The van der Waals surface area contributed by atoms with E-state index in [-0.39, 0.29) is 11.4 Å². The molecule has 2 amide bonds. The van der Waals surface area contributed by atoms with Crippen molar-refractivity contribution >= 4 is 17.5 Å². The van der Waals surface area contributed by atoms with Crippen LogP contribution < -0.4 is 15.4 Å². The number of nitrogens with zero attached hydrogens (tertiary/aromatic N) is 1. The van der Waals surface area contributed by atoms with Gasteiger partial charge < -0.3 is 79.9 Å². The molecular weight excluding hydrogens is 666 g/mol. The van der Waals surface area contributed by atoms with Gasteiger partial charge in [-0.15, -0.1) is 0 Å². The highest BCUT2D eigenvalue weighted by Crippen LogP contribution is 2.33. The SMILES string of the molecule is CC(=O)N[C@H]1[C@H](Oc2ccc([N+](=O)[O-])cc2)O[C@H](CO)[C@@H](O[C@@H]2O[C@H](CO)[C@H](O)[C@H](O[C@@H]3O[C@H](CO)[C@@H](O)[C@H](O)[C@H]3NC(C)=O)[C@H]2O)[C@@H]1O. The number of aliphatic hydroxyl groups is 8. The van der Waals surface area contributed by atoms with E-state index in [1.165, 1.54) is 12.1 Å². The van der Waals surface area contributed by atoms with Crippen molar-refractivity contribution in [2.75, 3.05) is 19.8 Å². The van der Waals surface area contributed by atoms with Gasteiger partial charge in [0.1, 0.15) is 78.9 Å². The molecule has 276 valence electrons. The van der Waals surface area contributed by atoms with Crippen molar-refractivity contribution in [3.8, 4) is 5.75 Å². The first-order chi connectivity index (χ1) is 23.2. The van der Waals surface area contributed by atoms with Crippen molar-refractivity contribution in [2.24, 2.45) is 0 Å². The zero-order chi connectivity index (χ0) is 36.2. The number of hydrogen-bond donors (Lipinski definition) is 10. The Labute approximate surface area is 278 Å². The lowest BCUT2D eigenvalue weighted by atomic mass is 9.94. The first-order valence-electron chi connectivity index (χ1n) is 15.2. The molecule has 4 rings (SSSR count). The Hall–Kier alpha value is -3.16. The van der Waals surface area contributed by atoms with Crippen LogP contribution >= 0.6 is 0 Å². The van der Waals surface area contributed by atoms with Crippen molar-refractivity contribution in [1.82, 2.24) is 10.6 Å². The number of nitro groups is 1. The number of nitrogens with one attached hydrogen (secondary N) is 2. The Morgan fingerprint density at radius 1 is 0.694 bits per heavy atom. The molecule has 0 spiro atoms. The highest BCUT2D eigenvalue weighted by Gasteiger charge is 2.54. The minimum atomic E-state index is -1.98. The maximum absolute atomic E-state index is 12.1. The third kappa shape index (κ3) is 8.78. The normalized spacial score (nSPS) is 39.5. The number of non-ortho nitro benzene ring substituents is 1. The lowest BCUT2D eigenvalue weighted by Crippen LogP contribution is -2.69. The van der Waals surface area contributed by atoms with Gasteiger partial charge in [0, 0.05) is 26.0 Å². The number of benzene rings is 1. The molecule has 3 fully saturated rings. The topological polar surface area (TPSA) is 319 Å². The molecule has 3 aliphatic rings. The number of carbonyl (C=O) groups is 2. The van der Waals surface area contributed by atoms with Crippen molar-refractivity contribution in [3.63, 3.8) is 0 Å². The highest BCUT2D eigenvalue weighted by molar-refractivity contribution is 5.73. The number of ether oxygens (including phenoxy) is 6. The minimum absolute atomic E-state index is 0.0450. The van der Waals surface area contributed by atoms with Gasteiger partial charge in [0.15, 0.2) is 12.6 Å². The van der Waals surface area contributed by atoms with Crippen LogP contribution in [0, 0.1) is 10.1 Å². The van der Waals surface area contributed by atoms with Gasteiger partial charge >= 0.3 is 0 Å². The molecule has 0 radical (unpaired) electrons. The molecular formula is C28H41N3O18. The Balaban J connectivity index is 1.57. The van der Waals surface area contributed by atoms with Gasteiger partial charge in [0.25, 0.3) is 5.69 Å². The quantitative estimate of drug-likeness (QED) is 0.0716. The highest BCUT2D eigenvalue weighted by atomic mass is 16.7. The Bertz CT molecular complexity index is 1280. The molecule has 10 N–H and O–H groups in total. The van der Waals surface area contributed by atoms with Crippen LogP contribution in [0.4, 0.5) is 5.69 Å². The van der Waals surface area contributed by atoms with E-state index in [1.807, 2.05) is 0 Å². The van der Waals surface area contributed by atoms with Crippen molar-refractivity contribution in [3.05, 3.63) is 34.4 Å². The van der Waals surface area contributed by atoms with Gasteiger partial charge in [-0.2, -0.15) is 0 Å². The molecule has 15 atom stereocenters. The summed E-state index contributed by atoms with van der Waals surface area (Å²) in [6, 6.07) is 1.92. The van der Waals surface area contributed by atoms with Gasteiger partial charge in [0.2, 0.25) is 18.1 Å². The van der Waals surface area contributed by atoms with E-state index in [4.69, 9.17) is 28.4 Å². The molecule has 0 bridgehead atoms. The first-order valence-corrected chi connectivity index (χ1v) is 15.2. The van der Waals surface area contributed by atoms with Gasteiger partial charge in [0.05, 0.1) is 24.7 Å². The van der Waals surface area contributed by atoms with Crippen LogP contribution in [0.1, 0.15) is 13.8 Å². The molecule has 0 saturated carbocycles. The third-order valence-electron chi connectivity index (χ3n) is 8.18. The molecule has 3 saturated heterocycles. The summed E-state index contributed by atoms with van der Waals surface area (Å²) in [6.07, 6.45) is -21.7. The second-order valence-electron chi connectivity index (χ2n) is 11.7. The average Bonchev–Trinajstić information content (AvgIpc) is 3.06. The second kappa shape index (κ2) is 16.7. The molecule has 0 unspecified atom stereocenters. The third-order valence-corrected chi connectivity index (χ3v) is 8.18. The average molecular weight is 708 g/mol. The zero-order valence-corrected chi connectivity index (χ0v) is 26.2. The molecule has 1 aromatic rings. The van der Waals surface area contributed by atoms with Crippen LogP contribution in [0.25, 0.3) is 0 Å². The molecule has 21 heteroatoms. The van der Waals surface area contributed by atoms with Crippen LogP contribution in [-0.2, 0) is 33.3 Å². The Morgan fingerprint density at radius 3 is 1.71 bits per heavy atom. The monoisotopic (exact) mass is 707 g/mol. The van der Waals surface area contributed by atoms with Crippen molar-refractivity contribution in [2.45, 2.75) is 106 Å². The minimum Gasteiger partial charge on any atom is -0.463 e. The predicted molar refractivity (Wildman–Crippen MR) is 156 cm³/mol. The Morgan fingerprint density at radius 2 is 1.18 bits per heavy atom. The van der Waals surface area contributed by atoms with Gasteiger partial charge in [-0.1, -0.05) is 0 Å². The summed E-state index contributed by atoms with van der Waals surface area (Å²) in [7, 11) is 0. The molecule has 0 aromatic heterocycles. The molecule has 0 aliphatic carbocycles. The number of amides is 2. The summed E-state index contributed by atoms with van der Waals surface area (Å²) < 4.78 is 34.2. The smallest absolute Gasteiger partial charge is 0.269 e. The summed E-state index contributed by atoms with van der Waals surface area (Å²) in [4.78, 5) is 34.3. The lowest BCUT2D eigenvalue weighted by molar-refractivity contribution is -0.384. The maximum atomic E-state index is 12.1. The van der Waals surface area contributed by atoms with E-state index in [9.17, 15) is 60.6 Å². The van der Waals surface area contributed by atoms with Gasteiger partial charge in [-0.25, -0.2) is 0 Å². The first kappa shape index (κ1) is 38.6. The van der Waals surface area contributed by atoms with E-state index in [0.29, 0.717) is 0 Å². The zero-order valence-electron chi connectivity index (χ0n) is 26.2. The summed E-state index contributed by atoms with van der Waals surface area (Å²) in [5.74, 6) is -1.28. The fraction of sp³-hybridized carbons (Fsp3) is 0.714. The fourth-order valence-electron chi connectivity index (χ4n) is 5.73. The predicted octanol–water partition coefficient (Wildman–Crippen LogP) is -5.29. The van der Waals surface area contributed by atoms with Crippen molar-refractivity contribution < 1.29 is 83.8 Å². The van der Waals surface area contributed by atoms with Crippen LogP contribution in [0.5, 0.6) is 5.75 Å². The van der Waals surface area contributed by atoms with E-state index < -0.39 is 129 Å². The maximum Gasteiger partial charge on any atom is 0.269 e. The largest absolute Gasteiger partial charge is 0.463 e. The van der Waals surface area contributed by atoms with E-state index in [2.05, 4.69) is 10.6 Å². The van der Waals surface area contributed by atoms with Crippen LogP contribution in [-0.4, -0.2) is 169 Å². The van der Waals surface area contributed by atoms with Crippen LogP contribution in [0.2, 0.25) is 0 Å². The van der Waals surface area contributed by atoms with Crippen LogP contribution in [0.3, 0.4) is 0 Å².